The van der Waals surface area contributed by atoms with E-state index in [-0.39, 0.29) is 25.2 Å². The maximum atomic E-state index is 12.4. The first-order valence-electron chi connectivity index (χ1n) is 37.5. The van der Waals surface area contributed by atoms with Crippen LogP contribution in [0.15, 0.2) is 36.5 Å². The summed E-state index contributed by atoms with van der Waals surface area (Å²) < 4.78 is 10.8. The molecule has 1 unspecified atom stereocenters. The maximum absolute atomic E-state index is 12.4. The smallest absolute Gasteiger partial charge is 0.306 e. The minimum absolute atomic E-state index is 0.0595. The standard InChI is InChI=1S/C77H146O5/c1-3-5-7-9-11-13-15-17-19-21-23-25-27-29-31-32-33-34-35-36-37-38-39-40-41-42-43-44-46-47-49-51-53-55-57-59-61-63-65-67-69-71-76(79)81-74-75(73-78)82-77(80)72-70-68-66-64-62-60-58-56-54-52-50-48-45-30-28-26-24-22-20-18-16-14-12-10-8-6-4-2/h16,18,21-24,75,78H,3-15,17,19-20,25-74H2,1-2H3/b18-16-,23-21-,24-22-. The lowest BCUT2D eigenvalue weighted by Gasteiger charge is -2.15. The molecule has 0 spiro atoms. The lowest BCUT2D eigenvalue weighted by Crippen LogP contribution is -2.28. The summed E-state index contributed by atoms with van der Waals surface area (Å²) in [5.74, 6) is -0.566. The molecule has 1 N–H and O–H groups in total. The Hall–Kier alpha value is -1.88. The highest BCUT2D eigenvalue weighted by Crippen LogP contribution is 2.19. The highest BCUT2D eigenvalue weighted by molar-refractivity contribution is 5.70. The Kier molecular flexibility index (Phi) is 71.7. The van der Waals surface area contributed by atoms with Crippen molar-refractivity contribution in [2.45, 2.75) is 431 Å². The molecule has 0 fully saturated rings. The van der Waals surface area contributed by atoms with Gasteiger partial charge in [0.2, 0.25) is 0 Å². The molecule has 0 aliphatic rings. The van der Waals surface area contributed by atoms with Crippen molar-refractivity contribution in [2.75, 3.05) is 13.2 Å². The van der Waals surface area contributed by atoms with E-state index in [0.29, 0.717) is 12.8 Å². The lowest BCUT2D eigenvalue weighted by atomic mass is 10.0. The number of aliphatic hydroxyl groups excluding tert-OH is 1. The second-order valence-electron chi connectivity index (χ2n) is 25.7. The molecule has 0 aromatic rings. The number of carbonyl (C=O) groups excluding carboxylic acids is 2. The molecule has 0 aromatic carbocycles. The molecule has 484 valence electrons. The molecule has 0 aliphatic carbocycles. The van der Waals surface area contributed by atoms with E-state index in [9.17, 15) is 14.7 Å². The fraction of sp³-hybridized carbons (Fsp3) is 0.896. The summed E-state index contributed by atoms with van der Waals surface area (Å²) in [7, 11) is 0. The summed E-state index contributed by atoms with van der Waals surface area (Å²) in [4.78, 5) is 24.7. The monoisotopic (exact) mass is 1150 g/mol. The number of unbranched alkanes of at least 4 members (excludes halogenated alkanes) is 57. The van der Waals surface area contributed by atoms with Crippen LogP contribution in [0, 0.1) is 0 Å². The molecule has 82 heavy (non-hydrogen) atoms. The van der Waals surface area contributed by atoms with E-state index in [0.717, 1.165) is 38.5 Å². The van der Waals surface area contributed by atoms with Gasteiger partial charge in [0.15, 0.2) is 6.10 Å². The molecule has 0 rings (SSSR count). The van der Waals surface area contributed by atoms with Crippen molar-refractivity contribution in [1.29, 1.82) is 0 Å². The van der Waals surface area contributed by atoms with E-state index in [1.165, 1.54) is 360 Å². The highest BCUT2D eigenvalue weighted by atomic mass is 16.6. The van der Waals surface area contributed by atoms with Gasteiger partial charge in [-0.3, -0.25) is 9.59 Å². The molecule has 0 saturated carbocycles. The summed E-state index contributed by atoms with van der Waals surface area (Å²) >= 11 is 0. The SMILES string of the molecule is CCCCCCC/C=C\C/C=C\CCCCCCCCCCCCCCCCCC(=O)OC(CO)COC(=O)CCCCCCCCCCCCCCCCCCCCCCCCCCCCCCC/C=C\CCCCCCCCCC. The van der Waals surface area contributed by atoms with Crippen LogP contribution in [-0.2, 0) is 19.1 Å². The molecule has 0 bridgehead atoms. The van der Waals surface area contributed by atoms with E-state index in [2.05, 4.69) is 50.3 Å². The lowest BCUT2D eigenvalue weighted by molar-refractivity contribution is -0.161. The van der Waals surface area contributed by atoms with Crippen molar-refractivity contribution in [2.24, 2.45) is 0 Å². The first-order chi connectivity index (χ1) is 40.6. The first kappa shape index (κ1) is 80.1. The third kappa shape index (κ3) is 70.6. The maximum Gasteiger partial charge on any atom is 0.306 e. The van der Waals surface area contributed by atoms with Crippen LogP contribution in [0.2, 0.25) is 0 Å². The normalized spacial score (nSPS) is 12.3. The van der Waals surface area contributed by atoms with Crippen LogP contribution < -0.4 is 0 Å². The van der Waals surface area contributed by atoms with Gasteiger partial charge in [-0.2, -0.15) is 0 Å². The zero-order valence-electron chi connectivity index (χ0n) is 55.8. The molecule has 0 aliphatic heterocycles. The second-order valence-corrected chi connectivity index (χ2v) is 25.7. The molecular formula is C77H146O5. The molecule has 1 atom stereocenters. The largest absolute Gasteiger partial charge is 0.462 e. The topological polar surface area (TPSA) is 72.8 Å². The number of hydrogen-bond acceptors (Lipinski definition) is 5. The average Bonchev–Trinajstić information content (AvgIpc) is 3.49. The quantitative estimate of drug-likeness (QED) is 0.0373. The van der Waals surface area contributed by atoms with Crippen molar-refractivity contribution in [3.63, 3.8) is 0 Å². The van der Waals surface area contributed by atoms with E-state index in [1.54, 1.807) is 0 Å². The van der Waals surface area contributed by atoms with Gasteiger partial charge in [-0.1, -0.05) is 378 Å². The third-order valence-electron chi connectivity index (χ3n) is 17.4. The fourth-order valence-corrected chi connectivity index (χ4v) is 11.8. The number of allylic oxidation sites excluding steroid dienone is 6. The van der Waals surface area contributed by atoms with Crippen LogP contribution in [0.4, 0.5) is 0 Å². The van der Waals surface area contributed by atoms with E-state index in [4.69, 9.17) is 9.47 Å². The number of hydrogen-bond donors (Lipinski definition) is 1. The van der Waals surface area contributed by atoms with Crippen molar-refractivity contribution in [3.05, 3.63) is 36.5 Å². The van der Waals surface area contributed by atoms with Gasteiger partial charge in [-0.15, -0.1) is 0 Å². The molecule has 0 amide bonds. The van der Waals surface area contributed by atoms with E-state index in [1.807, 2.05) is 0 Å². The Labute approximate surface area is 514 Å². The predicted molar refractivity (Wildman–Crippen MR) is 362 cm³/mol. The van der Waals surface area contributed by atoms with Crippen LogP contribution in [0.3, 0.4) is 0 Å². The van der Waals surface area contributed by atoms with Crippen LogP contribution in [0.5, 0.6) is 0 Å². The van der Waals surface area contributed by atoms with Gasteiger partial charge >= 0.3 is 11.9 Å². The van der Waals surface area contributed by atoms with E-state index < -0.39 is 6.10 Å². The molecule has 0 heterocycles. The second kappa shape index (κ2) is 73.4. The van der Waals surface area contributed by atoms with Crippen molar-refractivity contribution in [1.82, 2.24) is 0 Å². The third-order valence-corrected chi connectivity index (χ3v) is 17.4. The minimum atomic E-state index is -0.770. The number of carbonyl (C=O) groups is 2. The molecular weight excluding hydrogens is 1000 g/mol. The summed E-state index contributed by atoms with van der Waals surface area (Å²) in [6.45, 7) is 4.19. The Bertz CT molecular complexity index is 1300. The molecule has 0 radical (unpaired) electrons. The van der Waals surface area contributed by atoms with Crippen LogP contribution in [-0.4, -0.2) is 36.4 Å². The summed E-state index contributed by atoms with van der Waals surface area (Å²) in [5.41, 5.74) is 0. The molecule has 0 saturated heterocycles. The number of rotatable bonds is 71. The predicted octanol–water partition coefficient (Wildman–Crippen LogP) is 26.1. The summed E-state index contributed by atoms with van der Waals surface area (Å²) in [6, 6.07) is 0. The van der Waals surface area contributed by atoms with Crippen LogP contribution in [0.25, 0.3) is 0 Å². The van der Waals surface area contributed by atoms with Gasteiger partial charge in [0, 0.05) is 12.8 Å². The van der Waals surface area contributed by atoms with Gasteiger partial charge in [0.25, 0.3) is 0 Å². The molecule has 5 nitrogen and oxygen atoms in total. The fourth-order valence-electron chi connectivity index (χ4n) is 11.8. The number of aliphatic hydroxyl groups is 1. The minimum Gasteiger partial charge on any atom is -0.462 e. The summed E-state index contributed by atoms with van der Waals surface area (Å²) in [5, 5.41) is 9.71. The molecule has 5 heteroatoms. The Morgan fingerprint density at radius 3 is 0.732 bits per heavy atom. The number of ether oxygens (including phenoxy) is 2. The first-order valence-corrected chi connectivity index (χ1v) is 37.5. The Morgan fingerprint density at radius 2 is 0.488 bits per heavy atom. The van der Waals surface area contributed by atoms with Gasteiger partial charge in [0.05, 0.1) is 6.61 Å². The van der Waals surface area contributed by atoms with Gasteiger partial charge in [-0.05, 0) is 70.6 Å². The highest BCUT2D eigenvalue weighted by Gasteiger charge is 2.16. The van der Waals surface area contributed by atoms with Crippen LogP contribution in [0.1, 0.15) is 425 Å². The van der Waals surface area contributed by atoms with Gasteiger partial charge < -0.3 is 14.6 Å². The van der Waals surface area contributed by atoms with Crippen LogP contribution >= 0.6 is 0 Å². The zero-order chi connectivity index (χ0) is 59.1. The molecule has 0 aromatic heterocycles. The van der Waals surface area contributed by atoms with Crippen molar-refractivity contribution >= 4 is 11.9 Å². The van der Waals surface area contributed by atoms with E-state index >= 15 is 0 Å². The summed E-state index contributed by atoms with van der Waals surface area (Å²) in [6.07, 6.45) is 97.9. The average molecular weight is 1150 g/mol. The van der Waals surface area contributed by atoms with Gasteiger partial charge in [-0.25, -0.2) is 0 Å². The number of esters is 2. The van der Waals surface area contributed by atoms with Gasteiger partial charge in [0.1, 0.15) is 6.61 Å². The zero-order valence-corrected chi connectivity index (χ0v) is 55.8. The van der Waals surface area contributed by atoms with Crippen molar-refractivity contribution in [3.8, 4) is 0 Å². The van der Waals surface area contributed by atoms with Crippen molar-refractivity contribution < 1.29 is 24.2 Å². The Morgan fingerprint density at radius 1 is 0.280 bits per heavy atom. The Balaban J connectivity index is 3.36.